The van der Waals surface area contributed by atoms with Crippen LogP contribution in [0.15, 0.2) is 24.8 Å². The van der Waals surface area contributed by atoms with E-state index in [2.05, 4.69) is 6.58 Å². The lowest BCUT2D eigenvalue weighted by Gasteiger charge is -2.18. The first kappa shape index (κ1) is 8.01. The fourth-order valence-corrected chi connectivity index (χ4v) is 0.971. The van der Waals surface area contributed by atoms with Crippen molar-refractivity contribution in [2.45, 2.75) is 12.6 Å². The summed E-state index contributed by atoms with van der Waals surface area (Å²) in [5.41, 5.74) is 0. The molecule has 3 heteroatoms. The highest BCUT2D eigenvalue weighted by atomic mass is 16.3. The molecule has 0 bridgehead atoms. The van der Waals surface area contributed by atoms with Crippen LogP contribution in [0.3, 0.4) is 0 Å². The van der Waals surface area contributed by atoms with E-state index in [4.69, 9.17) is 5.11 Å². The predicted octanol–water partition coefficient (Wildman–Crippen LogP) is 0.279. The number of hydrogen-bond donors (Lipinski definition) is 1. The average Bonchev–Trinajstić information content (AvgIpc) is 2.29. The van der Waals surface area contributed by atoms with Crippen molar-refractivity contribution in [3.8, 4) is 0 Å². The zero-order valence-corrected chi connectivity index (χ0v) is 6.23. The van der Waals surface area contributed by atoms with Crippen LogP contribution in [0.5, 0.6) is 0 Å². The second kappa shape index (κ2) is 3.34. The normalized spacial score (nSPS) is 22.8. The third kappa shape index (κ3) is 1.68. The van der Waals surface area contributed by atoms with E-state index in [0.29, 0.717) is 13.0 Å². The summed E-state index contributed by atoms with van der Waals surface area (Å²) in [6, 6.07) is 0. The van der Waals surface area contributed by atoms with E-state index in [-0.39, 0.29) is 5.91 Å². The van der Waals surface area contributed by atoms with Crippen LogP contribution in [0.2, 0.25) is 0 Å². The van der Waals surface area contributed by atoms with Gasteiger partial charge in [-0.15, -0.1) is 6.58 Å². The molecule has 0 spiro atoms. The third-order valence-electron chi connectivity index (χ3n) is 1.59. The predicted molar refractivity (Wildman–Crippen MR) is 41.7 cm³/mol. The quantitative estimate of drug-likeness (QED) is 0.591. The molecule has 0 aromatic carbocycles. The summed E-state index contributed by atoms with van der Waals surface area (Å²) in [5, 5.41) is 9.17. The molecule has 0 aromatic rings. The van der Waals surface area contributed by atoms with Crippen LogP contribution < -0.4 is 0 Å². The summed E-state index contributed by atoms with van der Waals surface area (Å²) < 4.78 is 0. The molecular formula is C8H11NO2. The molecule has 1 heterocycles. The van der Waals surface area contributed by atoms with Gasteiger partial charge < -0.3 is 10.0 Å². The molecular weight excluding hydrogens is 142 g/mol. The average molecular weight is 153 g/mol. The lowest BCUT2D eigenvalue weighted by molar-refractivity contribution is -0.130. The topological polar surface area (TPSA) is 40.5 Å². The van der Waals surface area contributed by atoms with Crippen molar-refractivity contribution in [2.75, 3.05) is 6.54 Å². The summed E-state index contributed by atoms with van der Waals surface area (Å²) in [5.74, 6) is -0.126. The van der Waals surface area contributed by atoms with Crippen LogP contribution in [-0.4, -0.2) is 28.7 Å². The van der Waals surface area contributed by atoms with Gasteiger partial charge in [-0.05, 0) is 12.5 Å². The Morgan fingerprint density at radius 2 is 2.55 bits per heavy atom. The van der Waals surface area contributed by atoms with Crippen molar-refractivity contribution in [2.24, 2.45) is 0 Å². The fourth-order valence-electron chi connectivity index (χ4n) is 0.971. The molecule has 11 heavy (non-hydrogen) atoms. The summed E-state index contributed by atoms with van der Waals surface area (Å²) in [4.78, 5) is 12.3. The summed E-state index contributed by atoms with van der Waals surface area (Å²) in [6.45, 7) is 4.07. The monoisotopic (exact) mass is 153 g/mol. The molecule has 1 rings (SSSR count). The van der Waals surface area contributed by atoms with Crippen molar-refractivity contribution in [3.05, 3.63) is 24.8 Å². The summed E-state index contributed by atoms with van der Waals surface area (Å²) in [7, 11) is 0. The Morgan fingerprint density at radius 3 is 3.00 bits per heavy atom. The van der Waals surface area contributed by atoms with Crippen LogP contribution in [0.1, 0.15) is 6.42 Å². The van der Waals surface area contributed by atoms with Crippen molar-refractivity contribution in [3.63, 3.8) is 0 Å². The van der Waals surface area contributed by atoms with E-state index in [1.54, 1.807) is 6.08 Å². The molecule has 1 amide bonds. The van der Waals surface area contributed by atoms with Crippen LogP contribution in [0.25, 0.3) is 0 Å². The van der Waals surface area contributed by atoms with Crippen molar-refractivity contribution >= 4 is 5.91 Å². The number of rotatable bonds is 3. The Kier molecular flexibility index (Phi) is 2.44. The maximum Gasteiger partial charge on any atom is 0.248 e. The molecule has 0 fully saturated rings. The van der Waals surface area contributed by atoms with E-state index in [9.17, 15) is 4.79 Å². The van der Waals surface area contributed by atoms with Crippen molar-refractivity contribution < 1.29 is 9.90 Å². The van der Waals surface area contributed by atoms with Crippen molar-refractivity contribution in [1.82, 2.24) is 4.90 Å². The van der Waals surface area contributed by atoms with Gasteiger partial charge in [0.15, 0.2) is 0 Å². The highest BCUT2D eigenvalue weighted by molar-refractivity contribution is 5.90. The zero-order chi connectivity index (χ0) is 8.27. The number of aliphatic hydroxyl groups excluding tert-OH is 1. The van der Waals surface area contributed by atoms with Gasteiger partial charge in [0.05, 0.1) is 0 Å². The Balaban J connectivity index is 2.45. The number of carbonyl (C=O) groups is 1. The number of carbonyl (C=O) groups excluding carboxylic acids is 1. The lowest BCUT2D eigenvalue weighted by Crippen LogP contribution is -2.34. The highest BCUT2D eigenvalue weighted by Crippen LogP contribution is 2.08. The van der Waals surface area contributed by atoms with Gasteiger partial charge in [0.1, 0.15) is 6.23 Å². The first-order chi connectivity index (χ1) is 5.25. The van der Waals surface area contributed by atoms with Gasteiger partial charge in [0.25, 0.3) is 0 Å². The number of hydrogen-bond acceptors (Lipinski definition) is 2. The number of nitrogens with zero attached hydrogens (tertiary/aromatic N) is 1. The fraction of sp³-hybridized carbons (Fsp3) is 0.375. The van der Waals surface area contributed by atoms with E-state index in [1.807, 2.05) is 0 Å². The Labute approximate surface area is 65.6 Å². The minimum atomic E-state index is -0.734. The summed E-state index contributed by atoms with van der Waals surface area (Å²) in [6.07, 6.45) is 4.56. The standard InChI is InChI=1S/C8H11NO2/c1-2-3-6-9-7(10)4-5-8(9)11/h2,4-5,7,10H,1,3,6H2. The third-order valence-corrected chi connectivity index (χ3v) is 1.59. The van der Waals surface area contributed by atoms with Crippen LogP contribution in [-0.2, 0) is 4.79 Å². The summed E-state index contributed by atoms with van der Waals surface area (Å²) >= 11 is 0. The molecule has 1 atom stereocenters. The first-order valence-electron chi connectivity index (χ1n) is 3.53. The largest absolute Gasteiger partial charge is 0.370 e. The van der Waals surface area contributed by atoms with Crippen LogP contribution in [0, 0.1) is 0 Å². The van der Waals surface area contributed by atoms with E-state index in [1.165, 1.54) is 17.1 Å². The molecule has 1 aliphatic heterocycles. The number of aliphatic hydroxyl groups is 1. The van der Waals surface area contributed by atoms with Gasteiger partial charge in [0.2, 0.25) is 5.91 Å². The Morgan fingerprint density at radius 1 is 1.82 bits per heavy atom. The minimum absolute atomic E-state index is 0.126. The SMILES string of the molecule is C=CCCN1C(=O)C=CC1O. The maximum absolute atomic E-state index is 10.9. The van der Waals surface area contributed by atoms with Gasteiger partial charge in [-0.2, -0.15) is 0 Å². The molecule has 0 aromatic heterocycles. The smallest absolute Gasteiger partial charge is 0.248 e. The van der Waals surface area contributed by atoms with Gasteiger partial charge >= 0.3 is 0 Å². The molecule has 1 aliphatic rings. The van der Waals surface area contributed by atoms with Crippen molar-refractivity contribution in [1.29, 1.82) is 0 Å². The van der Waals surface area contributed by atoms with E-state index < -0.39 is 6.23 Å². The Hall–Kier alpha value is -1.09. The molecule has 0 saturated heterocycles. The van der Waals surface area contributed by atoms with Crippen LogP contribution in [0.4, 0.5) is 0 Å². The zero-order valence-electron chi connectivity index (χ0n) is 6.23. The van der Waals surface area contributed by atoms with Gasteiger partial charge in [-0.1, -0.05) is 6.08 Å². The second-order valence-electron chi connectivity index (χ2n) is 2.38. The highest BCUT2D eigenvalue weighted by Gasteiger charge is 2.21. The molecule has 3 nitrogen and oxygen atoms in total. The molecule has 0 saturated carbocycles. The lowest BCUT2D eigenvalue weighted by atomic mass is 10.4. The molecule has 60 valence electrons. The van der Waals surface area contributed by atoms with Gasteiger partial charge in [-0.25, -0.2) is 0 Å². The van der Waals surface area contributed by atoms with Gasteiger partial charge in [0, 0.05) is 12.6 Å². The molecule has 0 radical (unpaired) electrons. The minimum Gasteiger partial charge on any atom is -0.370 e. The second-order valence-corrected chi connectivity index (χ2v) is 2.38. The number of amides is 1. The molecule has 1 N–H and O–H groups in total. The van der Waals surface area contributed by atoms with E-state index >= 15 is 0 Å². The van der Waals surface area contributed by atoms with E-state index in [0.717, 1.165) is 0 Å². The Bertz CT molecular complexity index is 198. The maximum atomic E-state index is 10.9. The first-order valence-corrected chi connectivity index (χ1v) is 3.53. The molecule has 1 unspecified atom stereocenters. The van der Waals surface area contributed by atoms with Gasteiger partial charge in [-0.3, -0.25) is 4.79 Å². The van der Waals surface area contributed by atoms with Crippen LogP contribution >= 0.6 is 0 Å². The molecule has 0 aliphatic carbocycles.